The van der Waals surface area contributed by atoms with Gasteiger partial charge in [0.15, 0.2) is 0 Å². The summed E-state index contributed by atoms with van der Waals surface area (Å²) in [5.74, 6) is -8.23. The van der Waals surface area contributed by atoms with Crippen LogP contribution in [0.25, 0.3) is 0 Å². The Bertz CT molecular complexity index is 349. The van der Waals surface area contributed by atoms with E-state index in [0.29, 0.717) is 19.3 Å². The molecule has 1 rings (SSSR count). The molecule has 0 aliphatic heterocycles. The van der Waals surface area contributed by atoms with Crippen molar-refractivity contribution < 1.29 is 32.3 Å². The highest BCUT2D eigenvalue weighted by Crippen LogP contribution is 2.30. The molecule has 0 spiro atoms. The topological polar surface area (TPSA) is 66.4 Å². The number of aliphatic carboxylic acids is 1. The lowest BCUT2D eigenvalue weighted by molar-refractivity contribution is -0.151. The molecule has 2 N–H and O–H groups in total. The molecule has 110 valence electrons. The molecule has 0 bridgehead atoms. The summed E-state index contributed by atoms with van der Waals surface area (Å²) in [6.45, 7) is -1.48. The van der Waals surface area contributed by atoms with Crippen molar-refractivity contribution in [3.8, 4) is 0 Å². The van der Waals surface area contributed by atoms with Gasteiger partial charge in [-0.2, -0.15) is 8.78 Å². The molecule has 1 aliphatic carbocycles. The Kier molecular flexibility index (Phi) is 5.13. The van der Waals surface area contributed by atoms with Crippen molar-refractivity contribution in [1.29, 1.82) is 0 Å². The molecule has 0 radical (unpaired) electrons. The van der Waals surface area contributed by atoms with Crippen LogP contribution in [0, 0.1) is 11.8 Å². The van der Waals surface area contributed by atoms with Crippen molar-refractivity contribution in [1.82, 2.24) is 5.32 Å². The fourth-order valence-corrected chi connectivity index (χ4v) is 2.15. The highest BCUT2D eigenvalue weighted by molar-refractivity contribution is 5.84. The second-order valence-electron chi connectivity index (χ2n) is 4.62. The van der Waals surface area contributed by atoms with Crippen LogP contribution in [0.2, 0.25) is 0 Å². The lowest BCUT2D eigenvalue weighted by atomic mass is 9.78. The van der Waals surface area contributed by atoms with Crippen molar-refractivity contribution >= 4 is 11.9 Å². The van der Waals surface area contributed by atoms with E-state index >= 15 is 0 Å². The lowest BCUT2D eigenvalue weighted by Crippen LogP contribution is -2.46. The largest absolute Gasteiger partial charge is 0.481 e. The van der Waals surface area contributed by atoms with Crippen LogP contribution in [0.15, 0.2) is 0 Å². The molecule has 1 fully saturated rings. The van der Waals surface area contributed by atoms with E-state index in [1.165, 1.54) is 0 Å². The van der Waals surface area contributed by atoms with Crippen molar-refractivity contribution in [2.45, 2.75) is 38.0 Å². The zero-order valence-electron chi connectivity index (χ0n) is 10.0. The Morgan fingerprint density at radius 2 is 1.74 bits per heavy atom. The summed E-state index contributed by atoms with van der Waals surface area (Å²) in [5, 5.41) is 10.7. The molecule has 1 amide bonds. The van der Waals surface area contributed by atoms with Gasteiger partial charge in [-0.3, -0.25) is 9.59 Å². The van der Waals surface area contributed by atoms with Crippen molar-refractivity contribution in [2.75, 3.05) is 6.54 Å². The summed E-state index contributed by atoms with van der Waals surface area (Å²) < 4.78 is 49.1. The third-order valence-corrected chi connectivity index (χ3v) is 3.24. The number of alkyl halides is 4. The Morgan fingerprint density at radius 3 is 2.21 bits per heavy atom. The number of nitrogens with one attached hydrogen (secondary N) is 1. The number of carboxylic acids is 1. The fourth-order valence-electron chi connectivity index (χ4n) is 2.15. The third kappa shape index (κ3) is 4.07. The van der Waals surface area contributed by atoms with Crippen LogP contribution in [0.5, 0.6) is 0 Å². The quantitative estimate of drug-likeness (QED) is 0.758. The van der Waals surface area contributed by atoms with E-state index in [9.17, 15) is 27.2 Å². The number of rotatable bonds is 5. The predicted molar refractivity (Wildman–Crippen MR) is 57.0 cm³/mol. The molecule has 4 nitrogen and oxygen atoms in total. The van der Waals surface area contributed by atoms with Crippen LogP contribution < -0.4 is 5.32 Å². The lowest BCUT2D eigenvalue weighted by Gasteiger charge is -2.28. The Labute approximate surface area is 107 Å². The summed E-state index contributed by atoms with van der Waals surface area (Å²) >= 11 is 0. The average molecular weight is 285 g/mol. The van der Waals surface area contributed by atoms with Gasteiger partial charge in [-0.05, 0) is 12.8 Å². The maximum absolute atomic E-state index is 12.6. The minimum Gasteiger partial charge on any atom is -0.481 e. The van der Waals surface area contributed by atoms with Gasteiger partial charge in [-0.25, -0.2) is 8.78 Å². The van der Waals surface area contributed by atoms with Crippen LogP contribution in [0.4, 0.5) is 17.6 Å². The van der Waals surface area contributed by atoms with Gasteiger partial charge in [0.1, 0.15) is 0 Å². The van der Waals surface area contributed by atoms with Gasteiger partial charge in [0.25, 0.3) is 0 Å². The summed E-state index contributed by atoms with van der Waals surface area (Å²) in [7, 11) is 0. The van der Waals surface area contributed by atoms with Crippen molar-refractivity contribution in [3.05, 3.63) is 0 Å². The van der Waals surface area contributed by atoms with Crippen LogP contribution >= 0.6 is 0 Å². The smallest absolute Gasteiger partial charge is 0.324 e. The van der Waals surface area contributed by atoms with Gasteiger partial charge in [0, 0.05) is 0 Å². The molecule has 19 heavy (non-hydrogen) atoms. The molecule has 0 aromatic carbocycles. The molecule has 0 saturated heterocycles. The molecular weight excluding hydrogens is 270 g/mol. The van der Waals surface area contributed by atoms with E-state index in [1.807, 2.05) is 0 Å². The SMILES string of the molecule is O=C(O)[C@H]1CCCC[C@H]1C(=O)NCC(F)(F)C(F)F. The molecule has 0 heterocycles. The summed E-state index contributed by atoms with van der Waals surface area (Å²) in [6, 6.07) is 0. The van der Waals surface area contributed by atoms with Crippen LogP contribution in [0.1, 0.15) is 25.7 Å². The van der Waals surface area contributed by atoms with E-state index in [4.69, 9.17) is 5.11 Å². The summed E-state index contributed by atoms with van der Waals surface area (Å²) in [4.78, 5) is 22.6. The molecule has 0 aromatic heterocycles. The summed E-state index contributed by atoms with van der Waals surface area (Å²) in [6.07, 6.45) is -2.04. The zero-order valence-corrected chi connectivity index (χ0v) is 10.0. The first-order valence-electron chi connectivity index (χ1n) is 5.92. The summed E-state index contributed by atoms with van der Waals surface area (Å²) in [5.41, 5.74) is 0. The molecule has 0 unspecified atom stereocenters. The maximum atomic E-state index is 12.6. The van der Waals surface area contributed by atoms with E-state index < -0.39 is 42.6 Å². The van der Waals surface area contributed by atoms with Crippen LogP contribution in [0.3, 0.4) is 0 Å². The molecule has 1 saturated carbocycles. The number of amides is 1. The first kappa shape index (κ1) is 15.7. The highest BCUT2D eigenvalue weighted by Gasteiger charge is 2.42. The first-order valence-corrected chi connectivity index (χ1v) is 5.92. The van der Waals surface area contributed by atoms with E-state index in [-0.39, 0.29) is 6.42 Å². The number of carboxylic acid groups (broad SMARTS) is 1. The minimum atomic E-state index is -4.30. The van der Waals surface area contributed by atoms with E-state index in [0.717, 1.165) is 0 Å². The Balaban J connectivity index is 2.59. The zero-order chi connectivity index (χ0) is 14.6. The maximum Gasteiger partial charge on any atom is 0.324 e. The fraction of sp³-hybridized carbons (Fsp3) is 0.818. The van der Waals surface area contributed by atoms with Gasteiger partial charge in [0.2, 0.25) is 5.91 Å². The molecule has 2 atom stereocenters. The second kappa shape index (κ2) is 6.21. The van der Waals surface area contributed by atoms with E-state index in [1.54, 1.807) is 5.32 Å². The Morgan fingerprint density at radius 1 is 1.21 bits per heavy atom. The number of halogens is 4. The van der Waals surface area contributed by atoms with Gasteiger partial charge in [0.05, 0.1) is 18.4 Å². The monoisotopic (exact) mass is 285 g/mol. The molecular formula is C11H15F4NO3. The number of carbonyl (C=O) groups is 2. The average Bonchev–Trinajstić information content (AvgIpc) is 2.35. The van der Waals surface area contributed by atoms with Gasteiger partial charge in [-0.15, -0.1) is 0 Å². The number of hydrogen-bond donors (Lipinski definition) is 2. The number of carbonyl (C=O) groups excluding carboxylic acids is 1. The highest BCUT2D eigenvalue weighted by atomic mass is 19.3. The van der Waals surface area contributed by atoms with Crippen molar-refractivity contribution in [2.24, 2.45) is 11.8 Å². The predicted octanol–water partition coefficient (Wildman–Crippen LogP) is 1.89. The van der Waals surface area contributed by atoms with Gasteiger partial charge in [-0.1, -0.05) is 12.8 Å². The third-order valence-electron chi connectivity index (χ3n) is 3.24. The van der Waals surface area contributed by atoms with Gasteiger partial charge >= 0.3 is 18.3 Å². The molecule has 8 heteroatoms. The van der Waals surface area contributed by atoms with Crippen molar-refractivity contribution in [3.63, 3.8) is 0 Å². The van der Waals surface area contributed by atoms with E-state index in [2.05, 4.69) is 0 Å². The second-order valence-corrected chi connectivity index (χ2v) is 4.62. The first-order chi connectivity index (χ1) is 8.75. The van der Waals surface area contributed by atoms with Gasteiger partial charge < -0.3 is 10.4 Å². The van der Waals surface area contributed by atoms with Crippen LogP contribution in [-0.2, 0) is 9.59 Å². The Hall–Kier alpha value is -1.34. The standard InChI is InChI=1S/C11H15F4NO3/c12-10(13)11(14,15)5-16-8(17)6-3-1-2-4-7(6)9(18)19/h6-7,10H,1-5H2,(H,16,17)(H,18,19)/t6-,7+/m1/s1. The normalized spacial score (nSPS) is 24.3. The molecule has 0 aromatic rings. The molecule has 1 aliphatic rings. The minimum absolute atomic E-state index is 0.267. The van der Waals surface area contributed by atoms with Crippen LogP contribution in [-0.4, -0.2) is 35.9 Å². The number of hydrogen-bond acceptors (Lipinski definition) is 2.